The SMILES string of the molecule is NCCCc1ncc(C(C(F)(F)F)C(F)(F)F)o1. The van der Waals surface area contributed by atoms with Gasteiger partial charge in [-0.25, -0.2) is 4.98 Å². The summed E-state index contributed by atoms with van der Waals surface area (Å²) in [7, 11) is 0. The Kier molecular flexibility index (Phi) is 4.25. The normalized spacial score (nSPS) is 13.3. The van der Waals surface area contributed by atoms with Gasteiger partial charge in [0.05, 0.1) is 6.20 Å². The highest BCUT2D eigenvalue weighted by atomic mass is 19.4. The van der Waals surface area contributed by atoms with E-state index in [-0.39, 0.29) is 18.9 Å². The van der Waals surface area contributed by atoms with Gasteiger partial charge in [-0.1, -0.05) is 0 Å². The number of aromatic nitrogens is 1. The summed E-state index contributed by atoms with van der Waals surface area (Å²) >= 11 is 0. The molecule has 1 aromatic rings. The number of aryl methyl sites for hydroxylation is 1. The zero-order valence-electron chi connectivity index (χ0n) is 8.98. The van der Waals surface area contributed by atoms with Gasteiger partial charge in [-0.3, -0.25) is 0 Å². The molecule has 0 saturated heterocycles. The summed E-state index contributed by atoms with van der Waals surface area (Å²) < 4.78 is 78.5. The third-order valence-corrected chi connectivity index (χ3v) is 2.11. The van der Waals surface area contributed by atoms with Crippen molar-refractivity contribution in [3.05, 3.63) is 17.8 Å². The molecule has 0 atom stereocenters. The number of alkyl halides is 6. The first-order valence-corrected chi connectivity index (χ1v) is 4.94. The molecule has 0 fully saturated rings. The van der Waals surface area contributed by atoms with Gasteiger partial charge in [-0.2, -0.15) is 26.3 Å². The van der Waals surface area contributed by atoms with Crippen molar-refractivity contribution in [3.63, 3.8) is 0 Å². The van der Waals surface area contributed by atoms with E-state index >= 15 is 0 Å². The molecule has 2 N–H and O–H groups in total. The lowest BCUT2D eigenvalue weighted by Crippen LogP contribution is -2.33. The molecule has 0 aromatic carbocycles. The predicted octanol–water partition coefficient (Wildman–Crippen LogP) is 2.77. The first kappa shape index (κ1) is 14.8. The van der Waals surface area contributed by atoms with Crippen LogP contribution in [-0.2, 0) is 6.42 Å². The van der Waals surface area contributed by atoms with Gasteiger partial charge in [0.25, 0.3) is 0 Å². The highest BCUT2D eigenvalue weighted by Crippen LogP contribution is 2.46. The number of hydrogen-bond donors (Lipinski definition) is 1. The van der Waals surface area contributed by atoms with E-state index in [2.05, 4.69) is 9.40 Å². The molecule has 0 saturated carbocycles. The summed E-state index contributed by atoms with van der Waals surface area (Å²) in [6, 6.07) is 0. The van der Waals surface area contributed by atoms with E-state index in [9.17, 15) is 26.3 Å². The highest BCUT2D eigenvalue weighted by Gasteiger charge is 2.59. The van der Waals surface area contributed by atoms with Crippen LogP contribution in [0.3, 0.4) is 0 Å². The van der Waals surface area contributed by atoms with E-state index in [1.807, 2.05) is 0 Å². The summed E-state index contributed by atoms with van der Waals surface area (Å²) in [6.45, 7) is 0.236. The van der Waals surface area contributed by atoms with E-state index in [1.54, 1.807) is 0 Å². The van der Waals surface area contributed by atoms with E-state index in [0.29, 0.717) is 12.6 Å². The average Bonchev–Trinajstić information content (AvgIpc) is 2.58. The Morgan fingerprint density at radius 2 is 1.72 bits per heavy atom. The topological polar surface area (TPSA) is 52.0 Å². The Morgan fingerprint density at radius 1 is 1.17 bits per heavy atom. The van der Waals surface area contributed by atoms with Crippen LogP contribution in [0, 0.1) is 0 Å². The molecule has 0 spiro atoms. The minimum absolute atomic E-state index is 0.0962. The molecular weight excluding hydrogens is 266 g/mol. The van der Waals surface area contributed by atoms with Gasteiger partial charge in [0.15, 0.2) is 5.89 Å². The fourth-order valence-electron chi connectivity index (χ4n) is 1.33. The van der Waals surface area contributed by atoms with E-state index in [1.165, 1.54) is 0 Å². The maximum absolute atomic E-state index is 12.3. The van der Waals surface area contributed by atoms with Crippen molar-refractivity contribution in [1.29, 1.82) is 0 Å². The van der Waals surface area contributed by atoms with Crippen LogP contribution in [0.2, 0.25) is 0 Å². The van der Waals surface area contributed by atoms with Gasteiger partial charge in [-0.15, -0.1) is 0 Å². The number of halogens is 6. The van der Waals surface area contributed by atoms with E-state index < -0.39 is 24.0 Å². The van der Waals surface area contributed by atoms with Crippen LogP contribution >= 0.6 is 0 Å². The third kappa shape index (κ3) is 3.62. The minimum Gasteiger partial charge on any atom is -0.445 e. The van der Waals surface area contributed by atoms with Crippen molar-refractivity contribution in [3.8, 4) is 0 Å². The second-order valence-corrected chi connectivity index (χ2v) is 3.56. The molecule has 3 nitrogen and oxygen atoms in total. The Bertz CT molecular complexity index is 369. The summed E-state index contributed by atoms with van der Waals surface area (Å²) in [4.78, 5) is 3.38. The minimum atomic E-state index is -5.47. The zero-order chi connectivity index (χ0) is 14.0. The molecular formula is C9H10F6N2O. The first-order valence-electron chi connectivity index (χ1n) is 4.94. The maximum atomic E-state index is 12.3. The fourth-order valence-corrected chi connectivity index (χ4v) is 1.33. The van der Waals surface area contributed by atoms with E-state index in [0.717, 1.165) is 0 Å². The van der Waals surface area contributed by atoms with Crippen LogP contribution in [0.4, 0.5) is 26.3 Å². The van der Waals surface area contributed by atoms with Crippen molar-refractivity contribution in [1.82, 2.24) is 4.98 Å². The molecule has 104 valence electrons. The van der Waals surface area contributed by atoms with E-state index in [4.69, 9.17) is 5.73 Å². The molecule has 1 heterocycles. The zero-order valence-corrected chi connectivity index (χ0v) is 8.98. The quantitative estimate of drug-likeness (QED) is 0.860. The fraction of sp³-hybridized carbons (Fsp3) is 0.667. The van der Waals surface area contributed by atoms with Gasteiger partial charge >= 0.3 is 12.4 Å². The summed E-state index contributed by atoms with van der Waals surface area (Å²) in [5.74, 6) is -5.08. The molecule has 0 aliphatic rings. The molecule has 0 amide bonds. The second-order valence-electron chi connectivity index (χ2n) is 3.56. The molecule has 0 bridgehead atoms. The summed E-state index contributed by atoms with van der Waals surface area (Å²) in [6.07, 6.45) is -10.0. The van der Waals surface area contributed by atoms with Crippen molar-refractivity contribution in [2.75, 3.05) is 6.54 Å². The van der Waals surface area contributed by atoms with Crippen molar-refractivity contribution < 1.29 is 30.8 Å². The largest absolute Gasteiger partial charge is 0.445 e. The Balaban J connectivity index is 2.97. The molecule has 0 aliphatic carbocycles. The monoisotopic (exact) mass is 276 g/mol. The Labute approximate surface area is 98.0 Å². The lowest BCUT2D eigenvalue weighted by molar-refractivity contribution is -0.257. The molecule has 0 radical (unpaired) electrons. The van der Waals surface area contributed by atoms with Gasteiger partial charge < -0.3 is 10.2 Å². The Hall–Kier alpha value is -1.25. The smallest absolute Gasteiger partial charge is 0.407 e. The number of oxazole rings is 1. The average molecular weight is 276 g/mol. The number of hydrogen-bond acceptors (Lipinski definition) is 3. The van der Waals surface area contributed by atoms with Crippen LogP contribution in [0.15, 0.2) is 10.6 Å². The highest BCUT2D eigenvalue weighted by molar-refractivity contribution is 5.08. The summed E-state index contributed by atoms with van der Waals surface area (Å²) in [5.41, 5.74) is 5.15. The Morgan fingerprint density at radius 3 is 2.17 bits per heavy atom. The lowest BCUT2D eigenvalue weighted by atomic mass is 10.1. The lowest BCUT2D eigenvalue weighted by Gasteiger charge is -2.20. The number of nitrogens with two attached hydrogens (primary N) is 1. The standard InChI is InChI=1S/C9H10F6N2O/c10-8(11,12)7(9(13,14)15)5-4-17-6(18-5)2-1-3-16/h4,7H,1-3,16H2. The van der Waals surface area contributed by atoms with Crippen molar-refractivity contribution in [2.24, 2.45) is 5.73 Å². The van der Waals surface area contributed by atoms with Crippen LogP contribution in [0.25, 0.3) is 0 Å². The molecule has 1 aromatic heterocycles. The van der Waals surface area contributed by atoms with Crippen LogP contribution in [-0.4, -0.2) is 23.9 Å². The molecule has 18 heavy (non-hydrogen) atoms. The maximum Gasteiger partial charge on any atom is 0.407 e. The van der Waals surface area contributed by atoms with Crippen molar-refractivity contribution >= 4 is 0 Å². The van der Waals surface area contributed by atoms with Crippen molar-refractivity contribution in [2.45, 2.75) is 31.1 Å². The predicted molar refractivity (Wildman–Crippen MR) is 48.7 cm³/mol. The van der Waals surface area contributed by atoms with Gasteiger partial charge in [0.2, 0.25) is 5.92 Å². The van der Waals surface area contributed by atoms with Gasteiger partial charge in [-0.05, 0) is 13.0 Å². The molecule has 0 aliphatic heterocycles. The molecule has 1 rings (SSSR count). The van der Waals surface area contributed by atoms with Crippen LogP contribution in [0.1, 0.15) is 24.0 Å². The first-order chi connectivity index (χ1) is 8.16. The second kappa shape index (κ2) is 5.17. The van der Waals surface area contributed by atoms with Gasteiger partial charge in [0.1, 0.15) is 5.76 Å². The molecule has 0 unspecified atom stereocenters. The third-order valence-electron chi connectivity index (χ3n) is 2.11. The van der Waals surface area contributed by atoms with Crippen LogP contribution in [0.5, 0.6) is 0 Å². The number of nitrogens with zero attached hydrogens (tertiary/aromatic N) is 1. The molecule has 9 heteroatoms. The number of rotatable bonds is 4. The summed E-state index contributed by atoms with van der Waals surface area (Å²) in [5, 5.41) is 0. The van der Waals surface area contributed by atoms with Gasteiger partial charge in [0, 0.05) is 6.42 Å². The van der Waals surface area contributed by atoms with Crippen LogP contribution < -0.4 is 5.73 Å².